The summed E-state index contributed by atoms with van der Waals surface area (Å²) in [5.41, 5.74) is 3.90. The molecule has 114 valence electrons. The molecule has 0 nitrogen and oxygen atoms in total. The van der Waals surface area contributed by atoms with Gasteiger partial charge in [0.15, 0.2) is 0 Å². The van der Waals surface area contributed by atoms with Gasteiger partial charge in [-0.3, -0.25) is 0 Å². The minimum absolute atomic E-state index is 0.436. The van der Waals surface area contributed by atoms with Crippen LogP contribution in [0.3, 0.4) is 0 Å². The molecular weight excluding hydrogens is 254 g/mol. The van der Waals surface area contributed by atoms with Crippen LogP contribution in [0.4, 0.5) is 0 Å². The first-order valence-electron chi connectivity index (χ1n) is 9.20. The first kappa shape index (κ1) is 20.5. The Morgan fingerprint density at radius 2 is 1.18 bits per heavy atom. The van der Waals surface area contributed by atoms with Crippen LogP contribution >= 0.6 is 0 Å². The van der Waals surface area contributed by atoms with E-state index in [1.165, 1.54) is 36.8 Å². The van der Waals surface area contributed by atoms with Crippen LogP contribution in [-0.4, -0.2) is 35.4 Å². The van der Waals surface area contributed by atoms with Gasteiger partial charge in [0.05, 0.1) is 0 Å². The first-order chi connectivity index (χ1) is 10.1. The summed E-state index contributed by atoms with van der Waals surface area (Å²) < 4.78 is 1.28. The molecule has 0 aliphatic rings. The Hall–Kier alpha value is 0.415. The van der Waals surface area contributed by atoms with Crippen molar-refractivity contribution in [2.45, 2.75) is 76.4 Å². The second kappa shape index (κ2) is 8.49. The molecule has 0 aromatic heterocycles. The van der Waals surface area contributed by atoms with E-state index < -0.39 is 0 Å². The zero-order valence-electron chi connectivity index (χ0n) is 16.3. The Morgan fingerprint density at radius 1 is 0.818 bits per heavy atom. The summed E-state index contributed by atoms with van der Waals surface area (Å²) in [7, 11) is 0. The molecule has 0 radical (unpaired) electrons. The van der Waals surface area contributed by atoms with E-state index in [0.717, 1.165) is 0 Å². The Bertz CT molecular complexity index is 423. The van der Waals surface area contributed by atoms with E-state index in [4.69, 9.17) is 0 Å². The van der Waals surface area contributed by atoms with Crippen LogP contribution in [-0.2, 0) is 0 Å². The standard InChI is InChI=1S/C20H32.2Li/c1-7-19(3,4)14-12-17-10-9-11-18(16-17)13-15-20(5,6)8-2;;/h9-13,16H,7-8,14-15H2,1-6H3;;. The molecule has 0 aliphatic heterocycles. The molecule has 2 heteroatoms. The van der Waals surface area contributed by atoms with Crippen LogP contribution < -0.4 is 0 Å². The predicted molar refractivity (Wildman–Crippen MR) is 101 cm³/mol. The summed E-state index contributed by atoms with van der Waals surface area (Å²) in [6.07, 6.45) is 5.03. The zero-order valence-corrected chi connectivity index (χ0v) is 16.3. The Morgan fingerprint density at radius 3 is 1.50 bits per heavy atom. The normalized spacial score (nSPS) is 15.7. The number of hydrogen-bond acceptors (Lipinski definition) is 0. The van der Waals surface area contributed by atoms with Crippen molar-refractivity contribution in [3.05, 3.63) is 35.4 Å². The van der Waals surface area contributed by atoms with Crippen molar-refractivity contribution in [2.75, 3.05) is 0 Å². The summed E-state index contributed by atoms with van der Waals surface area (Å²) in [6, 6.07) is 9.36. The maximum atomic E-state index is 2.47. The van der Waals surface area contributed by atoms with Gasteiger partial charge in [0.1, 0.15) is 0 Å². The van der Waals surface area contributed by atoms with Gasteiger partial charge < -0.3 is 0 Å². The average Bonchev–Trinajstić information content (AvgIpc) is 2.46. The number of hydrogen-bond donors (Lipinski definition) is 0. The molecule has 0 saturated heterocycles. The van der Waals surface area contributed by atoms with E-state index >= 15 is 0 Å². The summed E-state index contributed by atoms with van der Waals surface area (Å²) in [5, 5.41) is 0. The van der Waals surface area contributed by atoms with Crippen LogP contribution in [0.15, 0.2) is 24.3 Å². The van der Waals surface area contributed by atoms with Gasteiger partial charge in [-0.25, -0.2) is 0 Å². The molecule has 2 atom stereocenters. The van der Waals surface area contributed by atoms with Crippen molar-refractivity contribution >= 4 is 35.4 Å². The van der Waals surface area contributed by atoms with Gasteiger partial charge in [-0.05, 0) is 0 Å². The topological polar surface area (TPSA) is 0 Å². The van der Waals surface area contributed by atoms with Gasteiger partial charge >= 0.3 is 158 Å². The second-order valence-corrected chi connectivity index (χ2v) is 8.92. The molecule has 1 aromatic carbocycles. The quantitative estimate of drug-likeness (QED) is 0.533. The predicted octanol–water partition coefficient (Wildman–Crippen LogP) is 5.76. The third-order valence-corrected chi connectivity index (χ3v) is 5.68. The molecule has 0 aliphatic carbocycles. The summed E-state index contributed by atoms with van der Waals surface area (Å²) in [4.78, 5) is 0. The molecule has 0 fully saturated rings. The summed E-state index contributed by atoms with van der Waals surface area (Å²) >= 11 is 4.77. The van der Waals surface area contributed by atoms with E-state index in [1.54, 1.807) is 0 Å². The molecule has 1 rings (SSSR count). The molecule has 0 amide bonds. The maximum absolute atomic E-state index is 2.47. The molecule has 0 N–H and O–H groups in total. The summed E-state index contributed by atoms with van der Waals surface area (Å²) in [5.74, 6) is 0. The monoisotopic (exact) mass is 286 g/mol. The van der Waals surface area contributed by atoms with Crippen molar-refractivity contribution in [2.24, 2.45) is 10.8 Å². The molecule has 0 bridgehead atoms. The Labute approximate surface area is 157 Å². The van der Waals surface area contributed by atoms with E-state index in [1.807, 2.05) is 0 Å². The Balaban J connectivity index is 2.85. The van der Waals surface area contributed by atoms with Gasteiger partial charge in [0, 0.05) is 0 Å². The first-order valence-corrected chi connectivity index (χ1v) is 9.20. The molecule has 0 heterocycles. The van der Waals surface area contributed by atoms with E-state index in [-0.39, 0.29) is 0 Å². The molecule has 0 saturated carbocycles. The fourth-order valence-corrected chi connectivity index (χ4v) is 3.35. The van der Waals surface area contributed by atoms with Crippen LogP contribution in [0.5, 0.6) is 0 Å². The zero-order chi connectivity index (χ0) is 17.0. The van der Waals surface area contributed by atoms with Gasteiger partial charge in [-0.1, -0.05) is 0 Å². The van der Waals surface area contributed by atoms with Gasteiger partial charge in [-0.15, -0.1) is 0 Å². The van der Waals surface area contributed by atoms with Crippen LogP contribution in [0, 0.1) is 10.8 Å². The molecule has 0 spiro atoms. The van der Waals surface area contributed by atoms with E-state index in [0.29, 0.717) is 20.0 Å². The van der Waals surface area contributed by atoms with Crippen LogP contribution in [0.25, 0.3) is 0 Å². The number of benzene rings is 1. The van der Waals surface area contributed by atoms with Crippen molar-refractivity contribution in [3.63, 3.8) is 0 Å². The molecule has 1 aromatic rings. The van der Waals surface area contributed by atoms with Crippen LogP contribution in [0.2, 0.25) is 0 Å². The molecule has 2 unspecified atom stereocenters. The Kier molecular flexibility index (Phi) is 7.90. The molecule has 22 heavy (non-hydrogen) atoms. The van der Waals surface area contributed by atoms with Crippen molar-refractivity contribution in [1.82, 2.24) is 0 Å². The molecular formula is C20H32Li2. The third-order valence-electron chi connectivity index (χ3n) is 5.68. The van der Waals surface area contributed by atoms with Crippen molar-refractivity contribution in [3.8, 4) is 0 Å². The fourth-order valence-electron chi connectivity index (χ4n) is 3.35. The van der Waals surface area contributed by atoms with Crippen LogP contribution in [0.1, 0.15) is 87.5 Å². The van der Waals surface area contributed by atoms with Crippen molar-refractivity contribution < 1.29 is 0 Å². The number of rotatable bonds is 8. The summed E-state index contributed by atoms with van der Waals surface area (Å²) in [6.45, 7) is 14.2. The average molecular weight is 286 g/mol. The van der Waals surface area contributed by atoms with Gasteiger partial charge in [0.2, 0.25) is 0 Å². The van der Waals surface area contributed by atoms with Gasteiger partial charge in [-0.2, -0.15) is 0 Å². The second-order valence-electron chi connectivity index (χ2n) is 8.92. The van der Waals surface area contributed by atoms with Crippen molar-refractivity contribution in [1.29, 1.82) is 0 Å². The van der Waals surface area contributed by atoms with Gasteiger partial charge in [0.25, 0.3) is 0 Å². The fraction of sp³-hybridized carbons (Fsp3) is 0.700. The van der Waals surface area contributed by atoms with E-state index in [9.17, 15) is 0 Å². The SMILES string of the molecule is [Li][CH](CC(C)(C)CC)c1cccc([CH]([Li])CC(C)(C)CC)c1. The van der Waals surface area contributed by atoms with E-state index in [2.05, 4.69) is 101 Å². The third kappa shape index (κ3) is 6.50. The minimum atomic E-state index is 0.436.